The molecular formula is C20H21N5OS. The number of piperazine rings is 1. The van der Waals surface area contributed by atoms with Crippen LogP contribution in [0.25, 0.3) is 21.6 Å². The molecular weight excluding hydrogens is 358 g/mol. The Morgan fingerprint density at radius 1 is 1.33 bits per heavy atom. The van der Waals surface area contributed by atoms with E-state index in [4.69, 9.17) is 9.97 Å². The first-order valence-corrected chi connectivity index (χ1v) is 10.2. The zero-order valence-corrected chi connectivity index (χ0v) is 16.1. The van der Waals surface area contributed by atoms with Crippen molar-refractivity contribution >= 4 is 33.3 Å². The average molecular weight is 379 g/mol. The summed E-state index contributed by atoms with van der Waals surface area (Å²) in [6.07, 6.45) is 6.92. The molecule has 1 fully saturated rings. The summed E-state index contributed by atoms with van der Waals surface area (Å²) in [5, 5.41) is 4.06. The number of carbonyl (C=O) groups is 1. The minimum absolute atomic E-state index is 0.0497. The van der Waals surface area contributed by atoms with Crippen LogP contribution in [0.5, 0.6) is 0 Å². The molecule has 0 aromatic carbocycles. The molecule has 0 spiro atoms. The second-order valence-corrected chi connectivity index (χ2v) is 8.50. The van der Waals surface area contributed by atoms with Gasteiger partial charge in [-0.15, -0.1) is 11.3 Å². The highest BCUT2D eigenvalue weighted by molar-refractivity contribution is 7.19. The van der Waals surface area contributed by atoms with Gasteiger partial charge in [-0.1, -0.05) is 6.92 Å². The quantitative estimate of drug-likeness (QED) is 0.741. The van der Waals surface area contributed by atoms with Crippen molar-refractivity contribution in [2.75, 3.05) is 24.5 Å². The molecule has 1 saturated heterocycles. The third-order valence-electron chi connectivity index (χ3n) is 5.39. The van der Waals surface area contributed by atoms with Crippen LogP contribution in [0.3, 0.4) is 0 Å². The number of nitrogens with one attached hydrogen (secondary N) is 1. The number of amides is 1. The molecule has 3 aromatic rings. The van der Waals surface area contributed by atoms with Gasteiger partial charge in [0.1, 0.15) is 10.6 Å². The number of rotatable bonds is 2. The first kappa shape index (κ1) is 16.6. The lowest BCUT2D eigenvalue weighted by atomic mass is 9.89. The number of thiophene rings is 1. The monoisotopic (exact) mass is 379 g/mol. The van der Waals surface area contributed by atoms with E-state index in [0.717, 1.165) is 41.0 Å². The van der Waals surface area contributed by atoms with Gasteiger partial charge in [-0.3, -0.25) is 9.78 Å². The Labute approximate surface area is 161 Å². The molecule has 5 rings (SSSR count). The van der Waals surface area contributed by atoms with Crippen LogP contribution in [0.4, 0.5) is 5.82 Å². The lowest BCUT2D eigenvalue weighted by Crippen LogP contribution is -2.48. The van der Waals surface area contributed by atoms with Crippen LogP contribution < -0.4 is 10.2 Å². The highest BCUT2D eigenvalue weighted by Gasteiger charge is 2.28. The molecule has 4 heterocycles. The summed E-state index contributed by atoms with van der Waals surface area (Å²) in [6.45, 7) is 4.08. The van der Waals surface area contributed by atoms with Crippen molar-refractivity contribution in [1.29, 1.82) is 0 Å². The van der Waals surface area contributed by atoms with E-state index >= 15 is 0 Å². The van der Waals surface area contributed by atoms with E-state index < -0.39 is 0 Å². The van der Waals surface area contributed by atoms with E-state index in [-0.39, 0.29) is 5.91 Å². The molecule has 1 atom stereocenters. The molecule has 0 unspecified atom stereocenters. The zero-order valence-electron chi connectivity index (χ0n) is 15.2. The smallest absolute Gasteiger partial charge is 0.239 e. The number of aryl methyl sites for hydroxylation is 1. The van der Waals surface area contributed by atoms with E-state index in [0.29, 0.717) is 24.8 Å². The number of anilines is 1. The summed E-state index contributed by atoms with van der Waals surface area (Å²) in [7, 11) is 0. The lowest BCUT2D eigenvalue weighted by Gasteiger charge is -2.29. The van der Waals surface area contributed by atoms with Crippen LogP contribution >= 0.6 is 11.3 Å². The summed E-state index contributed by atoms with van der Waals surface area (Å²) in [4.78, 5) is 30.6. The second kappa shape index (κ2) is 6.56. The number of hydrogen-bond donors (Lipinski definition) is 1. The molecule has 1 N–H and O–H groups in total. The van der Waals surface area contributed by atoms with Gasteiger partial charge in [-0.2, -0.15) is 0 Å². The van der Waals surface area contributed by atoms with Crippen LogP contribution in [0.1, 0.15) is 23.8 Å². The highest BCUT2D eigenvalue weighted by atomic mass is 32.1. The van der Waals surface area contributed by atoms with Crippen molar-refractivity contribution in [3.63, 3.8) is 0 Å². The molecule has 1 aliphatic heterocycles. The largest absolute Gasteiger partial charge is 0.353 e. The van der Waals surface area contributed by atoms with Crippen LogP contribution in [-0.2, 0) is 17.6 Å². The highest BCUT2D eigenvalue weighted by Crippen LogP contribution is 2.41. The minimum atomic E-state index is 0.0497. The number of nitrogens with zero attached hydrogens (tertiary/aromatic N) is 4. The Morgan fingerprint density at radius 3 is 3.07 bits per heavy atom. The van der Waals surface area contributed by atoms with Crippen molar-refractivity contribution < 1.29 is 4.79 Å². The van der Waals surface area contributed by atoms with E-state index in [1.54, 1.807) is 23.7 Å². The molecule has 2 aliphatic rings. The SMILES string of the molecule is C[C@H]1CCc2c(sc3nc(-c4cccnc4)nc(N4CCNC(=O)C4)c23)C1. The third-order valence-corrected chi connectivity index (χ3v) is 6.54. The fraction of sp³-hybridized carbons (Fsp3) is 0.400. The van der Waals surface area contributed by atoms with Crippen molar-refractivity contribution in [2.45, 2.75) is 26.2 Å². The normalized spacial score (nSPS) is 19.8. The summed E-state index contributed by atoms with van der Waals surface area (Å²) in [5.41, 5.74) is 2.30. The fourth-order valence-corrected chi connectivity index (χ4v) is 5.37. The molecule has 6 nitrogen and oxygen atoms in total. The number of hydrogen-bond acceptors (Lipinski definition) is 6. The maximum absolute atomic E-state index is 12.0. The molecule has 138 valence electrons. The molecule has 0 radical (unpaired) electrons. The molecule has 1 aliphatic carbocycles. The van der Waals surface area contributed by atoms with Crippen molar-refractivity contribution in [3.05, 3.63) is 35.0 Å². The predicted molar refractivity (Wildman–Crippen MR) is 107 cm³/mol. The standard InChI is InChI=1S/C20H21N5OS/c1-12-4-5-14-15(9-12)27-20-17(14)19(25-8-7-22-16(26)11-25)23-18(24-20)13-3-2-6-21-10-13/h2-3,6,10,12H,4-5,7-9,11H2,1H3,(H,22,26)/t12-/m0/s1. The van der Waals surface area contributed by atoms with Crippen molar-refractivity contribution in [2.24, 2.45) is 5.92 Å². The van der Waals surface area contributed by atoms with Gasteiger partial charge in [0.15, 0.2) is 5.82 Å². The van der Waals surface area contributed by atoms with Crippen molar-refractivity contribution in [3.8, 4) is 11.4 Å². The topological polar surface area (TPSA) is 71.0 Å². The summed E-state index contributed by atoms with van der Waals surface area (Å²) in [5.74, 6) is 2.35. The van der Waals surface area contributed by atoms with Crippen LogP contribution in [0.15, 0.2) is 24.5 Å². The van der Waals surface area contributed by atoms with Gasteiger partial charge in [0.2, 0.25) is 5.91 Å². The van der Waals surface area contributed by atoms with Gasteiger partial charge in [0, 0.05) is 35.9 Å². The van der Waals surface area contributed by atoms with E-state index in [2.05, 4.69) is 22.1 Å². The number of pyridine rings is 1. The molecule has 3 aromatic heterocycles. The Morgan fingerprint density at radius 2 is 2.26 bits per heavy atom. The average Bonchev–Trinajstić information content (AvgIpc) is 3.05. The minimum Gasteiger partial charge on any atom is -0.353 e. The van der Waals surface area contributed by atoms with Gasteiger partial charge >= 0.3 is 0 Å². The molecule has 1 amide bonds. The Bertz CT molecular complexity index is 1020. The summed E-state index contributed by atoms with van der Waals surface area (Å²) >= 11 is 1.79. The third kappa shape index (κ3) is 2.96. The van der Waals surface area contributed by atoms with Crippen molar-refractivity contribution in [1.82, 2.24) is 20.3 Å². The maximum atomic E-state index is 12.0. The van der Waals surface area contributed by atoms with E-state index in [9.17, 15) is 4.79 Å². The molecule has 0 bridgehead atoms. The summed E-state index contributed by atoms with van der Waals surface area (Å²) < 4.78 is 0. The van der Waals surface area contributed by atoms with Gasteiger partial charge < -0.3 is 10.2 Å². The Hall–Kier alpha value is -2.54. The van der Waals surface area contributed by atoms with Crippen LogP contribution in [0.2, 0.25) is 0 Å². The number of carbonyl (C=O) groups excluding carboxylic acids is 1. The molecule has 7 heteroatoms. The van der Waals surface area contributed by atoms with Gasteiger partial charge in [-0.05, 0) is 42.9 Å². The number of fused-ring (bicyclic) bond motifs is 3. The molecule has 27 heavy (non-hydrogen) atoms. The van der Waals surface area contributed by atoms with Gasteiger partial charge in [-0.25, -0.2) is 9.97 Å². The van der Waals surface area contributed by atoms with Crippen LogP contribution in [-0.4, -0.2) is 40.5 Å². The van der Waals surface area contributed by atoms with Crippen LogP contribution in [0, 0.1) is 5.92 Å². The number of aromatic nitrogens is 3. The Kier molecular flexibility index (Phi) is 4.04. The predicted octanol–water partition coefficient (Wildman–Crippen LogP) is 2.81. The zero-order chi connectivity index (χ0) is 18.4. The molecule has 0 saturated carbocycles. The summed E-state index contributed by atoms with van der Waals surface area (Å²) in [6, 6.07) is 3.88. The van der Waals surface area contributed by atoms with E-state index in [1.165, 1.54) is 16.9 Å². The van der Waals surface area contributed by atoms with Gasteiger partial charge in [0.05, 0.1) is 11.9 Å². The van der Waals surface area contributed by atoms with E-state index in [1.807, 2.05) is 12.1 Å². The fourth-order valence-electron chi connectivity index (χ4n) is 4.00. The maximum Gasteiger partial charge on any atom is 0.239 e. The Balaban J connectivity index is 1.72. The first-order valence-electron chi connectivity index (χ1n) is 9.43. The first-order chi connectivity index (χ1) is 13.2. The van der Waals surface area contributed by atoms with Gasteiger partial charge in [0.25, 0.3) is 0 Å². The lowest BCUT2D eigenvalue weighted by molar-refractivity contribution is -0.120. The second-order valence-electron chi connectivity index (χ2n) is 7.42.